The van der Waals surface area contributed by atoms with Gasteiger partial charge in [-0.15, -0.1) is 0 Å². The number of H-pyrrole nitrogens is 1. The first-order valence-electron chi connectivity index (χ1n) is 9.09. The first-order valence-corrected chi connectivity index (χ1v) is 9.47. The number of amides is 2. The molecule has 148 valence electrons. The summed E-state index contributed by atoms with van der Waals surface area (Å²) in [4.78, 5) is 39.2. The molecule has 1 aromatic carbocycles. The Labute approximate surface area is 167 Å². The summed E-state index contributed by atoms with van der Waals surface area (Å²) < 4.78 is 5.72. The molecule has 3 rings (SSSR count). The van der Waals surface area contributed by atoms with Gasteiger partial charge in [0, 0.05) is 10.7 Å². The van der Waals surface area contributed by atoms with Gasteiger partial charge in [-0.05, 0) is 62.9 Å². The minimum Gasteiger partial charge on any atom is -0.490 e. The van der Waals surface area contributed by atoms with E-state index in [1.165, 1.54) is 6.07 Å². The molecule has 1 aliphatic carbocycles. The summed E-state index contributed by atoms with van der Waals surface area (Å²) in [6.07, 6.45) is 2.01. The maximum absolute atomic E-state index is 12.9. The average Bonchev–Trinajstić information content (AvgIpc) is 2.62. The third-order valence-electron chi connectivity index (χ3n) is 4.57. The highest BCUT2D eigenvalue weighted by molar-refractivity contribution is 6.31. The minimum absolute atomic E-state index is 0.105. The van der Waals surface area contributed by atoms with E-state index in [9.17, 15) is 14.4 Å². The number of ether oxygens (including phenoxy) is 1. The van der Waals surface area contributed by atoms with Gasteiger partial charge in [-0.25, -0.2) is 0 Å². The zero-order chi connectivity index (χ0) is 20.4. The van der Waals surface area contributed by atoms with E-state index in [0.717, 1.165) is 6.42 Å². The Bertz CT molecular complexity index is 984. The van der Waals surface area contributed by atoms with Crippen LogP contribution in [-0.2, 0) is 6.42 Å². The lowest BCUT2D eigenvalue weighted by molar-refractivity contribution is 0.0926. The van der Waals surface area contributed by atoms with Crippen LogP contribution in [0.2, 0.25) is 5.02 Å². The molecular weight excluding hydrogens is 382 g/mol. The molecule has 0 radical (unpaired) electrons. The van der Waals surface area contributed by atoms with Gasteiger partial charge in [0.1, 0.15) is 11.3 Å². The van der Waals surface area contributed by atoms with Crippen LogP contribution in [0.1, 0.15) is 64.7 Å². The molecular formula is C20H22ClN3O4. The molecule has 0 fully saturated rings. The summed E-state index contributed by atoms with van der Waals surface area (Å²) >= 11 is 6.07. The van der Waals surface area contributed by atoms with Crippen LogP contribution in [0.3, 0.4) is 0 Å². The second kappa shape index (κ2) is 8.06. The monoisotopic (exact) mass is 403 g/mol. The minimum atomic E-state index is -0.804. The molecule has 1 aromatic heterocycles. The van der Waals surface area contributed by atoms with E-state index in [0.29, 0.717) is 40.4 Å². The Morgan fingerprint density at radius 3 is 2.71 bits per heavy atom. The molecule has 0 saturated carbocycles. The van der Waals surface area contributed by atoms with Crippen molar-refractivity contribution in [3.05, 3.63) is 62.0 Å². The van der Waals surface area contributed by atoms with E-state index in [2.05, 4.69) is 10.3 Å². The number of aromatic nitrogens is 1. The molecule has 0 aliphatic heterocycles. The first-order chi connectivity index (χ1) is 13.3. The fourth-order valence-electron chi connectivity index (χ4n) is 3.35. The van der Waals surface area contributed by atoms with Crippen molar-refractivity contribution in [2.45, 2.75) is 45.3 Å². The number of halogens is 1. The Morgan fingerprint density at radius 1 is 1.29 bits per heavy atom. The largest absolute Gasteiger partial charge is 0.490 e. The van der Waals surface area contributed by atoms with Gasteiger partial charge in [0.05, 0.1) is 17.7 Å². The topological polar surface area (TPSA) is 114 Å². The highest BCUT2D eigenvalue weighted by Crippen LogP contribution is 2.30. The van der Waals surface area contributed by atoms with Gasteiger partial charge in [0.25, 0.3) is 17.4 Å². The highest BCUT2D eigenvalue weighted by Gasteiger charge is 2.26. The van der Waals surface area contributed by atoms with Crippen molar-refractivity contribution in [3.63, 3.8) is 0 Å². The van der Waals surface area contributed by atoms with Crippen molar-refractivity contribution >= 4 is 23.4 Å². The molecule has 2 amide bonds. The average molecular weight is 404 g/mol. The van der Waals surface area contributed by atoms with Crippen molar-refractivity contribution < 1.29 is 14.3 Å². The maximum Gasteiger partial charge on any atom is 0.261 e. The van der Waals surface area contributed by atoms with E-state index in [-0.39, 0.29) is 23.6 Å². The fourth-order valence-corrected chi connectivity index (χ4v) is 3.52. The van der Waals surface area contributed by atoms with Gasteiger partial charge < -0.3 is 20.8 Å². The van der Waals surface area contributed by atoms with Crippen LogP contribution in [0.25, 0.3) is 0 Å². The number of aromatic amines is 1. The number of hydrogen-bond donors (Lipinski definition) is 3. The van der Waals surface area contributed by atoms with E-state index in [4.69, 9.17) is 22.1 Å². The lowest BCUT2D eigenvalue weighted by Crippen LogP contribution is -2.34. The van der Waals surface area contributed by atoms with Crippen molar-refractivity contribution in [1.82, 2.24) is 10.3 Å². The molecule has 2 aromatic rings. The number of nitrogens with one attached hydrogen (secondary N) is 2. The third-order valence-corrected chi connectivity index (χ3v) is 4.81. The Morgan fingerprint density at radius 2 is 2.04 bits per heavy atom. The van der Waals surface area contributed by atoms with E-state index >= 15 is 0 Å². The molecule has 8 heteroatoms. The van der Waals surface area contributed by atoms with Gasteiger partial charge >= 0.3 is 0 Å². The predicted molar refractivity (Wildman–Crippen MR) is 106 cm³/mol. The van der Waals surface area contributed by atoms with Crippen LogP contribution in [0.5, 0.6) is 5.75 Å². The van der Waals surface area contributed by atoms with Gasteiger partial charge in [-0.1, -0.05) is 11.6 Å². The summed E-state index contributed by atoms with van der Waals surface area (Å²) in [6, 6.07) is 5.99. The van der Waals surface area contributed by atoms with Crippen LogP contribution < -0.4 is 21.3 Å². The van der Waals surface area contributed by atoms with Crippen LogP contribution >= 0.6 is 11.6 Å². The molecule has 0 saturated heterocycles. The van der Waals surface area contributed by atoms with E-state index < -0.39 is 11.5 Å². The molecule has 0 spiro atoms. The quantitative estimate of drug-likeness (QED) is 0.711. The fraction of sp³-hybridized carbons (Fsp3) is 0.350. The van der Waals surface area contributed by atoms with Crippen LogP contribution in [-0.4, -0.2) is 22.9 Å². The molecule has 28 heavy (non-hydrogen) atoms. The number of fused-ring (bicyclic) bond motifs is 1. The third kappa shape index (κ3) is 4.20. The van der Waals surface area contributed by atoms with Crippen molar-refractivity contribution in [3.8, 4) is 5.75 Å². The second-order valence-corrected chi connectivity index (χ2v) is 7.47. The summed E-state index contributed by atoms with van der Waals surface area (Å²) in [5.41, 5.74) is 6.39. The predicted octanol–water partition coefficient (Wildman–Crippen LogP) is 2.72. The molecule has 1 heterocycles. The number of nitrogens with two attached hydrogens (primary N) is 1. The number of hydrogen-bond acceptors (Lipinski definition) is 4. The normalized spacial score (nSPS) is 15.8. The molecule has 1 aliphatic rings. The number of benzene rings is 1. The standard InChI is InChI=1S/C20H22ClN3O4/c1-10(2)28-17-7-6-11(21)8-13(17)19(26)23-15-4-3-5-16-12(15)9-14(18(22)25)20(27)24-16/h6-10,15H,3-5H2,1-2H3,(H2,22,25)(H,23,26)(H,24,27). The number of carbonyl (C=O) groups excluding carboxylic acids is 2. The summed E-state index contributed by atoms with van der Waals surface area (Å²) in [5, 5.41) is 3.39. The van der Waals surface area contributed by atoms with Crippen LogP contribution in [0, 0.1) is 0 Å². The smallest absolute Gasteiger partial charge is 0.261 e. The Hall–Kier alpha value is -2.80. The van der Waals surface area contributed by atoms with Crippen molar-refractivity contribution in [2.24, 2.45) is 5.73 Å². The van der Waals surface area contributed by atoms with Gasteiger partial charge in [-0.3, -0.25) is 14.4 Å². The summed E-state index contributed by atoms with van der Waals surface area (Å²) in [7, 11) is 0. The number of aryl methyl sites for hydroxylation is 1. The van der Waals surface area contributed by atoms with E-state index in [1.54, 1.807) is 18.2 Å². The zero-order valence-corrected chi connectivity index (χ0v) is 16.4. The van der Waals surface area contributed by atoms with Crippen LogP contribution in [0.4, 0.5) is 0 Å². The van der Waals surface area contributed by atoms with Crippen molar-refractivity contribution in [1.29, 1.82) is 0 Å². The molecule has 1 unspecified atom stereocenters. The number of primary amides is 1. The van der Waals surface area contributed by atoms with Gasteiger partial charge in [0.15, 0.2) is 0 Å². The van der Waals surface area contributed by atoms with Crippen molar-refractivity contribution in [2.75, 3.05) is 0 Å². The summed E-state index contributed by atoms with van der Waals surface area (Å²) in [5.74, 6) is -0.711. The Balaban J connectivity index is 1.93. The number of rotatable bonds is 5. The van der Waals surface area contributed by atoms with E-state index in [1.807, 2.05) is 13.8 Å². The van der Waals surface area contributed by atoms with Gasteiger partial charge in [0.2, 0.25) is 0 Å². The lowest BCUT2D eigenvalue weighted by atomic mass is 9.90. The highest BCUT2D eigenvalue weighted by atomic mass is 35.5. The first kappa shape index (κ1) is 19.9. The molecule has 4 N–H and O–H groups in total. The number of pyridine rings is 1. The zero-order valence-electron chi connectivity index (χ0n) is 15.7. The molecule has 7 nitrogen and oxygen atoms in total. The van der Waals surface area contributed by atoms with Gasteiger partial charge in [-0.2, -0.15) is 0 Å². The summed E-state index contributed by atoms with van der Waals surface area (Å²) in [6.45, 7) is 3.74. The number of carbonyl (C=O) groups is 2. The maximum atomic E-state index is 12.9. The SMILES string of the molecule is CC(C)Oc1ccc(Cl)cc1C(=O)NC1CCCc2[nH]c(=O)c(C(N)=O)cc21. The van der Waals surface area contributed by atoms with Crippen LogP contribution in [0.15, 0.2) is 29.1 Å². The Kier molecular flexibility index (Phi) is 5.74. The molecule has 1 atom stereocenters. The lowest BCUT2D eigenvalue weighted by Gasteiger charge is -2.27. The molecule has 0 bridgehead atoms. The second-order valence-electron chi connectivity index (χ2n) is 7.04.